The van der Waals surface area contributed by atoms with Crippen LogP contribution in [0.25, 0.3) is 0 Å². The smallest absolute Gasteiger partial charge is 0.297 e. The van der Waals surface area contributed by atoms with E-state index in [0.29, 0.717) is 17.1 Å². The second kappa shape index (κ2) is 4.96. The number of carbonyl (C=O) groups excluding carboxylic acids is 1. The third kappa shape index (κ3) is 3.08. The monoisotopic (exact) mass is 287 g/mol. The highest BCUT2D eigenvalue weighted by atomic mass is 32.1. The Balaban J connectivity index is 2.16. The molecule has 0 saturated carbocycles. The van der Waals surface area contributed by atoms with Gasteiger partial charge in [-0.25, -0.2) is 0 Å². The number of hydrogen-bond acceptors (Lipinski definition) is 4. The fourth-order valence-electron chi connectivity index (χ4n) is 1.38. The maximum absolute atomic E-state index is 12.3. The molecule has 1 aromatic carbocycles. The number of halogens is 3. The zero-order chi connectivity index (χ0) is 14.0. The Labute approximate surface area is 110 Å². The van der Waals surface area contributed by atoms with Crippen LogP contribution < -0.4 is 5.32 Å². The molecule has 19 heavy (non-hydrogen) atoms. The zero-order valence-electron chi connectivity index (χ0n) is 9.65. The first kappa shape index (κ1) is 13.5. The summed E-state index contributed by atoms with van der Waals surface area (Å²) in [6, 6.07) is 6.74. The molecule has 8 heteroatoms. The minimum atomic E-state index is -4.61. The van der Waals surface area contributed by atoms with Gasteiger partial charge in [0.05, 0.1) is 0 Å². The average Bonchev–Trinajstić information content (AvgIpc) is 2.77. The van der Waals surface area contributed by atoms with Crippen molar-refractivity contribution in [2.75, 3.05) is 5.32 Å². The summed E-state index contributed by atoms with van der Waals surface area (Å²) in [5.41, 5.74) is 1.10. The molecule has 1 heterocycles. The van der Waals surface area contributed by atoms with Crippen LogP contribution in [0.5, 0.6) is 0 Å². The maximum atomic E-state index is 12.3. The van der Waals surface area contributed by atoms with Gasteiger partial charge in [-0.1, -0.05) is 18.2 Å². The minimum Gasteiger partial charge on any atom is -0.297 e. The summed E-state index contributed by atoms with van der Waals surface area (Å²) < 4.78 is 40.0. The van der Waals surface area contributed by atoms with Gasteiger partial charge in [-0.3, -0.25) is 10.1 Å². The van der Waals surface area contributed by atoms with Gasteiger partial charge in [-0.2, -0.15) is 22.5 Å². The molecule has 1 amide bonds. The summed E-state index contributed by atoms with van der Waals surface area (Å²) in [4.78, 5) is 15.1. The van der Waals surface area contributed by atoms with Gasteiger partial charge in [0.15, 0.2) is 0 Å². The number of alkyl halides is 3. The van der Waals surface area contributed by atoms with E-state index in [1.54, 1.807) is 31.2 Å². The van der Waals surface area contributed by atoms with E-state index in [0.717, 1.165) is 5.56 Å². The van der Waals surface area contributed by atoms with E-state index in [1.807, 2.05) is 0 Å². The highest BCUT2D eigenvalue weighted by molar-refractivity contribution is 7.09. The molecule has 0 aliphatic carbocycles. The molecule has 1 N–H and O–H groups in total. The van der Waals surface area contributed by atoms with Crippen molar-refractivity contribution in [1.82, 2.24) is 9.36 Å². The molecule has 2 aromatic rings. The van der Waals surface area contributed by atoms with Crippen LogP contribution in [-0.4, -0.2) is 15.3 Å². The van der Waals surface area contributed by atoms with Crippen LogP contribution in [-0.2, 0) is 6.18 Å². The van der Waals surface area contributed by atoms with E-state index in [4.69, 9.17) is 0 Å². The molecule has 0 fully saturated rings. The lowest BCUT2D eigenvalue weighted by Gasteiger charge is -2.04. The third-order valence-corrected chi connectivity index (χ3v) is 2.92. The number of aryl methyl sites for hydroxylation is 1. The average molecular weight is 287 g/mol. The predicted molar refractivity (Wildman–Crippen MR) is 64.0 cm³/mol. The Bertz CT molecular complexity index is 609. The Morgan fingerprint density at radius 3 is 2.58 bits per heavy atom. The van der Waals surface area contributed by atoms with Gasteiger partial charge in [-0.15, -0.1) is 0 Å². The molecule has 1 aromatic heterocycles. The minimum absolute atomic E-state index is 0.180. The number of nitrogens with one attached hydrogen (secondary N) is 1. The van der Waals surface area contributed by atoms with Crippen molar-refractivity contribution in [2.45, 2.75) is 13.1 Å². The molecule has 0 atom stereocenters. The van der Waals surface area contributed by atoms with E-state index in [2.05, 4.69) is 14.7 Å². The number of rotatable bonds is 2. The van der Waals surface area contributed by atoms with Gasteiger partial charge in [0, 0.05) is 17.1 Å². The van der Waals surface area contributed by atoms with E-state index >= 15 is 0 Å². The Hall–Kier alpha value is -1.96. The second-order valence-corrected chi connectivity index (χ2v) is 4.44. The van der Waals surface area contributed by atoms with Crippen molar-refractivity contribution in [3.63, 3.8) is 0 Å². The molecule has 0 unspecified atom stereocenters. The fraction of sp³-hybridized carbons (Fsp3) is 0.182. The molecule has 100 valence electrons. The Morgan fingerprint density at radius 1 is 1.32 bits per heavy atom. The fourth-order valence-corrected chi connectivity index (χ4v) is 1.96. The first-order valence-electron chi connectivity index (χ1n) is 5.16. The standard InChI is InChI=1S/C11H8F3N3OS/c1-6-4-2-3-5-7(6)8(18)15-10-16-9(17-19-10)11(12,13)14/h2-5H,1H3,(H,15,16,17,18). The summed E-state index contributed by atoms with van der Waals surface area (Å²) >= 11 is 0.492. The summed E-state index contributed by atoms with van der Waals surface area (Å²) in [7, 11) is 0. The molecule has 0 aliphatic heterocycles. The SMILES string of the molecule is Cc1ccccc1C(=O)Nc1nc(C(F)(F)F)ns1. The summed E-state index contributed by atoms with van der Waals surface area (Å²) in [6.07, 6.45) is -4.61. The lowest BCUT2D eigenvalue weighted by Crippen LogP contribution is -2.14. The van der Waals surface area contributed by atoms with Gasteiger partial charge < -0.3 is 0 Å². The van der Waals surface area contributed by atoms with Gasteiger partial charge in [0.25, 0.3) is 5.91 Å². The van der Waals surface area contributed by atoms with E-state index in [1.165, 1.54) is 0 Å². The Kier molecular flexibility index (Phi) is 3.52. The molecule has 0 radical (unpaired) electrons. The van der Waals surface area contributed by atoms with Crippen molar-refractivity contribution in [3.8, 4) is 0 Å². The molecular weight excluding hydrogens is 279 g/mol. The molecule has 4 nitrogen and oxygen atoms in total. The van der Waals surface area contributed by atoms with Crippen LogP contribution in [0.4, 0.5) is 18.3 Å². The number of amides is 1. The zero-order valence-corrected chi connectivity index (χ0v) is 10.5. The molecule has 0 bridgehead atoms. The van der Waals surface area contributed by atoms with Crippen LogP contribution >= 0.6 is 11.5 Å². The third-order valence-electron chi connectivity index (χ3n) is 2.29. The van der Waals surface area contributed by atoms with Gasteiger partial charge in [0.1, 0.15) is 0 Å². The number of nitrogens with zero attached hydrogens (tertiary/aromatic N) is 2. The number of benzene rings is 1. The topological polar surface area (TPSA) is 54.9 Å². The predicted octanol–water partition coefficient (Wildman–Crippen LogP) is 3.12. The highest BCUT2D eigenvalue weighted by Gasteiger charge is 2.36. The lowest BCUT2D eigenvalue weighted by atomic mass is 10.1. The number of anilines is 1. The van der Waals surface area contributed by atoms with Crippen molar-refractivity contribution < 1.29 is 18.0 Å². The molecule has 0 aliphatic rings. The quantitative estimate of drug-likeness (QED) is 0.923. The molecule has 0 spiro atoms. The first-order valence-corrected chi connectivity index (χ1v) is 5.93. The van der Waals surface area contributed by atoms with Crippen LogP contribution in [0.3, 0.4) is 0 Å². The summed E-state index contributed by atoms with van der Waals surface area (Å²) in [5, 5.41) is 2.12. The van der Waals surface area contributed by atoms with Crippen LogP contribution in [0.1, 0.15) is 21.7 Å². The largest absolute Gasteiger partial charge is 0.452 e. The maximum Gasteiger partial charge on any atom is 0.452 e. The highest BCUT2D eigenvalue weighted by Crippen LogP contribution is 2.29. The summed E-state index contributed by atoms with van der Waals surface area (Å²) in [5.74, 6) is -1.76. The summed E-state index contributed by atoms with van der Waals surface area (Å²) in [6.45, 7) is 1.73. The molecular formula is C11H8F3N3OS. The Morgan fingerprint density at radius 2 is 2.00 bits per heavy atom. The van der Waals surface area contributed by atoms with Gasteiger partial charge in [-0.05, 0) is 18.6 Å². The normalized spacial score (nSPS) is 11.4. The first-order chi connectivity index (χ1) is 8.88. The van der Waals surface area contributed by atoms with Crippen LogP contribution in [0.15, 0.2) is 24.3 Å². The number of hydrogen-bond donors (Lipinski definition) is 1. The van der Waals surface area contributed by atoms with Crippen molar-refractivity contribution in [1.29, 1.82) is 0 Å². The van der Waals surface area contributed by atoms with Crippen molar-refractivity contribution in [3.05, 3.63) is 41.2 Å². The van der Waals surface area contributed by atoms with Gasteiger partial charge in [0.2, 0.25) is 11.0 Å². The molecule has 2 rings (SSSR count). The van der Waals surface area contributed by atoms with E-state index in [-0.39, 0.29) is 5.13 Å². The molecule has 0 saturated heterocycles. The lowest BCUT2D eigenvalue weighted by molar-refractivity contribution is -0.144. The van der Waals surface area contributed by atoms with Crippen LogP contribution in [0.2, 0.25) is 0 Å². The van der Waals surface area contributed by atoms with E-state index < -0.39 is 17.9 Å². The van der Waals surface area contributed by atoms with Crippen molar-refractivity contribution >= 4 is 22.6 Å². The number of aromatic nitrogens is 2. The second-order valence-electron chi connectivity index (χ2n) is 3.69. The number of carbonyl (C=O) groups is 1. The van der Waals surface area contributed by atoms with Crippen molar-refractivity contribution in [2.24, 2.45) is 0 Å². The van der Waals surface area contributed by atoms with Gasteiger partial charge >= 0.3 is 6.18 Å². The van der Waals surface area contributed by atoms with Crippen LogP contribution in [0, 0.1) is 6.92 Å². The van der Waals surface area contributed by atoms with E-state index in [9.17, 15) is 18.0 Å².